The smallest absolute Gasteiger partial charge is 0.529 e. The third-order valence-corrected chi connectivity index (χ3v) is 3.37. The predicted octanol–water partition coefficient (Wildman–Crippen LogP) is -2.13. The summed E-state index contributed by atoms with van der Waals surface area (Å²) < 4.78 is 3.34. The molecule has 0 atom stereocenters. The van der Waals surface area contributed by atoms with E-state index in [9.17, 15) is 19.8 Å². The van der Waals surface area contributed by atoms with Gasteiger partial charge in [0, 0.05) is 5.75 Å². The average Bonchev–Trinajstić information content (AvgIpc) is 1.80. The second kappa shape index (κ2) is 8.52. The van der Waals surface area contributed by atoms with Gasteiger partial charge in [0.15, 0.2) is 0 Å². The van der Waals surface area contributed by atoms with E-state index in [2.05, 4.69) is 25.3 Å². The zero-order chi connectivity index (χ0) is 10.4. The topological polar surface area (TPSA) is 104 Å². The molecule has 0 spiro atoms. The van der Waals surface area contributed by atoms with Crippen LogP contribution in [0.3, 0.4) is 0 Å². The van der Waals surface area contributed by atoms with Gasteiger partial charge in [-0.1, -0.05) is 0 Å². The van der Waals surface area contributed by atoms with Gasteiger partial charge in [0.05, 0.1) is 4.58 Å². The van der Waals surface area contributed by atoms with Crippen molar-refractivity contribution < 1.29 is 39.3 Å². The normalized spacial score (nSPS) is 10.1. The fourth-order valence-electron chi connectivity index (χ4n) is 0.503. The Hall–Kier alpha value is 0.213. The maximum atomic E-state index is 10.1. The third-order valence-electron chi connectivity index (χ3n) is 0.798. The zero-order valence-electron chi connectivity index (χ0n) is 6.97. The zero-order valence-corrected chi connectivity index (χ0v) is 12.6. The summed E-state index contributed by atoms with van der Waals surface area (Å²) in [6, 6.07) is 0. The standard InChI is InChI=1S/C4H10N2O4S3.Zn/c7-3(8)5-13(1-2(11)12)6-4(9)10;/h2,5-6,11-13H,1H2,(H,7,8)(H,9,10);/q;+2/p-2. The van der Waals surface area contributed by atoms with Crippen LogP contribution in [0.5, 0.6) is 0 Å². The van der Waals surface area contributed by atoms with Gasteiger partial charge in [-0.05, 0) is 0 Å². The number of hydrogen-bond acceptors (Lipinski definition) is 6. The molecule has 0 bridgehead atoms. The second-order valence-corrected chi connectivity index (χ2v) is 5.21. The largest absolute Gasteiger partial charge is 2.00 e. The van der Waals surface area contributed by atoms with Crippen molar-refractivity contribution in [1.29, 1.82) is 0 Å². The van der Waals surface area contributed by atoms with Crippen LogP contribution in [0.25, 0.3) is 0 Å². The Morgan fingerprint density at radius 2 is 1.57 bits per heavy atom. The molecule has 0 saturated carbocycles. The van der Waals surface area contributed by atoms with Crippen LogP contribution in [0.1, 0.15) is 0 Å². The van der Waals surface area contributed by atoms with E-state index in [4.69, 9.17) is 0 Å². The van der Waals surface area contributed by atoms with E-state index >= 15 is 0 Å². The summed E-state index contributed by atoms with van der Waals surface area (Å²) in [5.74, 6) is 0.142. The summed E-state index contributed by atoms with van der Waals surface area (Å²) in [6.45, 7) is 0. The third kappa shape index (κ3) is 10.3. The first-order valence-electron chi connectivity index (χ1n) is 3.00. The number of amides is 2. The maximum absolute atomic E-state index is 10.1. The van der Waals surface area contributed by atoms with E-state index in [1.54, 1.807) is 0 Å². The summed E-state index contributed by atoms with van der Waals surface area (Å²) in [7, 11) is 0. The molecule has 2 amide bonds. The number of carboxylic acid groups (broad SMARTS) is 2. The first-order chi connectivity index (χ1) is 5.91. The van der Waals surface area contributed by atoms with Crippen molar-refractivity contribution in [2.45, 2.75) is 4.58 Å². The van der Waals surface area contributed by atoms with Crippen LogP contribution in [0, 0.1) is 0 Å². The van der Waals surface area contributed by atoms with Crippen LogP contribution < -0.4 is 19.7 Å². The maximum Gasteiger partial charge on any atom is 2.00 e. The molecule has 0 aromatic heterocycles. The van der Waals surface area contributed by atoms with E-state index in [0.717, 1.165) is 0 Å². The van der Waals surface area contributed by atoms with Gasteiger partial charge in [-0.15, -0.1) is 11.3 Å². The molecule has 14 heavy (non-hydrogen) atoms. The molecule has 0 aliphatic carbocycles. The summed E-state index contributed by atoms with van der Waals surface area (Å²) in [6.07, 6.45) is -3.11. The van der Waals surface area contributed by atoms with Crippen molar-refractivity contribution in [2.75, 3.05) is 5.75 Å². The van der Waals surface area contributed by atoms with Crippen LogP contribution >= 0.6 is 36.5 Å². The summed E-state index contributed by atoms with van der Waals surface area (Å²) in [4.78, 5) is 20.1. The van der Waals surface area contributed by atoms with Gasteiger partial charge in [-0.25, -0.2) is 0 Å². The quantitative estimate of drug-likeness (QED) is 0.232. The molecule has 0 aliphatic heterocycles. The fourth-order valence-corrected chi connectivity index (χ4v) is 2.49. The van der Waals surface area contributed by atoms with Crippen molar-refractivity contribution in [2.24, 2.45) is 0 Å². The Morgan fingerprint density at radius 3 is 1.79 bits per heavy atom. The number of nitrogens with one attached hydrogen (secondary N) is 2. The number of carbonyl (C=O) groups excluding carboxylic acids is 2. The van der Waals surface area contributed by atoms with Gasteiger partial charge >= 0.3 is 19.5 Å². The number of carbonyl (C=O) groups is 2. The van der Waals surface area contributed by atoms with E-state index in [1.165, 1.54) is 0 Å². The minimum Gasteiger partial charge on any atom is -0.529 e. The van der Waals surface area contributed by atoms with E-state index in [-0.39, 0.29) is 25.2 Å². The molecule has 0 aromatic rings. The van der Waals surface area contributed by atoms with Crippen LogP contribution in [-0.2, 0) is 19.5 Å². The molecule has 0 aliphatic rings. The van der Waals surface area contributed by atoms with E-state index in [0.29, 0.717) is 0 Å². The number of rotatable bonds is 4. The van der Waals surface area contributed by atoms with Crippen LogP contribution in [0.15, 0.2) is 0 Å². The fraction of sp³-hybridized carbons (Fsp3) is 0.500. The molecule has 0 rings (SSSR count). The molecular weight excluding hydrogens is 302 g/mol. The Morgan fingerprint density at radius 1 is 1.21 bits per heavy atom. The van der Waals surface area contributed by atoms with Crippen molar-refractivity contribution in [3.63, 3.8) is 0 Å². The van der Waals surface area contributed by atoms with Crippen molar-refractivity contribution in [1.82, 2.24) is 9.44 Å². The van der Waals surface area contributed by atoms with Gasteiger partial charge in [0.2, 0.25) is 0 Å². The van der Waals surface area contributed by atoms with Gasteiger partial charge in [0.25, 0.3) is 0 Å². The molecule has 0 fully saturated rings. The minimum atomic E-state index is -1.66. The summed E-state index contributed by atoms with van der Waals surface area (Å²) >= 11 is 6.06. The Bertz CT molecular complexity index is 189. The first kappa shape index (κ1) is 16.6. The Labute approximate surface area is 107 Å². The molecule has 0 heterocycles. The molecular formula is C4H8N2O4S3Zn. The molecule has 78 valence electrons. The SMILES string of the molecule is O=C([O-])N[SH](CC(S)S)NC(=O)[O-].[Zn+2]. The average molecular weight is 310 g/mol. The Balaban J connectivity index is 0. The molecule has 0 aromatic carbocycles. The van der Waals surface area contributed by atoms with E-state index in [1.807, 2.05) is 9.44 Å². The summed E-state index contributed by atoms with van der Waals surface area (Å²) in [5.41, 5.74) is 0. The molecule has 0 saturated heterocycles. The number of thiol groups is 3. The summed E-state index contributed by atoms with van der Waals surface area (Å²) in [5, 5.41) is 20.1. The Kier molecular flexibility index (Phi) is 10.1. The minimum absolute atomic E-state index is 0. The van der Waals surface area contributed by atoms with Crippen molar-refractivity contribution in [3.05, 3.63) is 0 Å². The van der Waals surface area contributed by atoms with Crippen LogP contribution in [0.2, 0.25) is 0 Å². The first-order valence-corrected chi connectivity index (χ1v) is 5.56. The molecule has 0 unspecified atom stereocenters. The number of hydrogen-bond donors (Lipinski definition) is 5. The van der Waals surface area contributed by atoms with Crippen LogP contribution in [-0.4, -0.2) is 22.5 Å². The van der Waals surface area contributed by atoms with Gasteiger partial charge in [-0.3, -0.25) is 0 Å². The van der Waals surface area contributed by atoms with E-state index < -0.39 is 28.0 Å². The van der Waals surface area contributed by atoms with Crippen molar-refractivity contribution >= 4 is 48.7 Å². The van der Waals surface area contributed by atoms with Gasteiger partial charge in [-0.2, -0.15) is 25.3 Å². The molecule has 10 heteroatoms. The predicted molar refractivity (Wildman–Crippen MR) is 52.7 cm³/mol. The van der Waals surface area contributed by atoms with Crippen molar-refractivity contribution in [3.8, 4) is 0 Å². The monoisotopic (exact) mass is 308 g/mol. The van der Waals surface area contributed by atoms with Gasteiger partial charge < -0.3 is 29.2 Å². The molecule has 2 N–H and O–H groups in total. The molecule has 0 radical (unpaired) electrons. The van der Waals surface area contributed by atoms with Gasteiger partial charge in [0.1, 0.15) is 12.2 Å². The molecule has 6 nitrogen and oxygen atoms in total. The second-order valence-electron chi connectivity index (χ2n) is 1.89. The van der Waals surface area contributed by atoms with Crippen LogP contribution in [0.4, 0.5) is 9.59 Å².